The van der Waals surface area contributed by atoms with Crippen LogP contribution in [-0.2, 0) is 17.8 Å². The van der Waals surface area contributed by atoms with Gasteiger partial charge in [0.1, 0.15) is 30.5 Å². The molecule has 13 nitrogen and oxygen atoms in total. The lowest BCUT2D eigenvalue weighted by Gasteiger charge is -2.32. The second-order valence-corrected chi connectivity index (χ2v) is 16.6. The minimum atomic E-state index is -2.78. The average Bonchev–Trinajstić information content (AvgIpc) is 3.69. The van der Waals surface area contributed by atoms with Crippen molar-refractivity contribution in [2.75, 3.05) is 60.1 Å². The van der Waals surface area contributed by atoms with Gasteiger partial charge in [0, 0.05) is 69.1 Å². The van der Waals surface area contributed by atoms with Gasteiger partial charge in [-0.05, 0) is 85.9 Å². The van der Waals surface area contributed by atoms with E-state index in [1.807, 2.05) is 43.3 Å². The third-order valence-corrected chi connectivity index (χ3v) is 11.9. The number of aromatic nitrogens is 4. The van der Waals surface area contributed by atoms with Crippen molar-refractivity contribution in [3.8, 4) is 51.5 Å². The van der Waals surface area contributed by atoms with Gasteiger partial charge < -0.3 is 33.7 Å². The van der Waals surface area contributed by atoms with Crippen molar-refractivity contribution < 1.29 is 42.4 Å². The number of carboxylic acids is 1. The number of aliphatic carboxylic acids is 1. The van der Waals surface area contributed by atoms with Crippen molar-refractivity contribution in [3.63, 3.8) is 0 Å². The largest absolute Gasteiger partial charge is 0.497 e. The van der Waals surface area contributed by atoms with Crippen LogP contribution >= 0.6 is 23.1 Å². The second kappa shape index (κ2) is 20.7. The number of piperazine rings is 1. The number of rotatable bonds is 20. The SMILES string of the molecule is COc1cccc(-c2ncc3snc(OC(Cc4ccccc4OCc4ccnc(OCCCC(C)(F)F)n4)C(=O)O)c3c2-c2ccc(OCCN3CCN(C)CC3)c(Cl)c2C)c1. The number of fused-ring (bicyclic) bond motifs is 1. The molecule has 0 amide bonds. The molecule has 1 N–H and O–H groups in total. The topological polar surface area (TPSA) is 141 Å². The highest BCUT2D eigenvalue weighted by atomic mass is 35.5. The Morgan fingerprint density at radius 3 is 2.57 bits per heavy atom. The van der Waals surface area contributed by atoms with E-state index in [0.717, 1.165) is 67.9 Å². The number of alkyl halides is 2. The fraction of sp³-hybridized carbons (Fsp3) is 0.370. The van der Waals surface area contributed by atoms with Gasteiger partial charge in [-0.2, -0.15) is 9.36 Å². The number of nitrogens with zero attached hydrogens (tertiary/aromatic N) is 6. The molecule has 4 heterocycles. The summed E-state index contributed by atoms with van der Waals surface area (Å²) in [5.41, 5.74) is 4.56. The summed E-state index contributed by atoms with van der Waals surface area (Å²) in [5, 5.41) is 11.6. The van der Waals surface area contributed by atoms with Gasteiger partial charge >= 0.3 is 12.0 Å². The first-order valence-electron chi connectivity index (χ1n) is 20.6. The molecule has 0 saturated carbocycles. The average molecular weight is 903 g/mol. The minimum absolute atomic E-state index is 0.00362. The number of para-hydroxylation sites is 1. The molecule has 0 spiro atoms. The zero-order chi connectivity index (χ0) is 44.5. The van der Waals surface area contributed by atoms with Gasteiger partial charge in [-0.1, -0.05) is 48.0 Å². The molecule has 1 aliphatic heterocycles. The van der Waals surface area contributed by atoms with E-state index in [9.17, 15) is 18.7 Å². The summed E-state index contributed by atoms with van der Waals surface area (Å²) in [6, 6.07) is 20.1. The molecule has 63 heavy (non-hydrogen) atoms. The summed E-state index contributed by atoms with van der Waals surface area (Å²) in [5.74, 6) is -2.24. The van der Waals surface area contributed by atoms with Gasteiger partial charge in [-0.15, -0.1) is 0 Å². The third-order valence-electron chi connectivity index (χ3n) is 10.7. The smallest absolute Gasteiger partial charge is 0.345 e. The Kier molecular flexibility index (Phi) is 14.9. The van der Waals surface area contributed by atoms with Crippen LogP contribution in [0.25, 0.3) is 32.5 Å². The van der Waals surface area contributed by atoms with Gasteiger partial charge in [0.2, 0.25) is 17.9 Å². The highest BCUT2D eigenvalue weighted by molar-refractivity contribution is 7.13. The van der Waals surface area contributed by atoms with E-state index in [1.54, 1.807) is 43.6 Å². The number of ether oxygens (including phenoxy) is 5. The van der Waals surface area contributed by atoms with Gasteiger partial charge in [0.25, 0.3) is 0 Å². The maximum Gasteiger partial charge on any atom is 0.345 e. The number of methoxy groups -OCH3 is 1. The normalized spacial score (nSPS) is 14.1. The molecule has 0 radical (unpaired) electrons. The van der Waals surface area contributed by atoms with Crippen molar-refractivity contribution in [2.45, 2.75) is 51.7 Å². The van der Waals surface area contributed by atoms with E-state index < -0.39 is 18.0 Å². The van der Waals surface area contributed by atoms with Gasteiger partial charge in [-0.3, -0.25) is 9.88 Å². The van der Waals surface area contributed by atoms with E-state index in [4.69, 9.17) is 40.3 Å². The molecular formula is C46H49ClF2N6O7S. The Balaban J connectivity index is 1.15. The fourth-order valence-corrected chi connectivity index (χ4v) is 8.11. The second-order valence-electron chi connectivity index (χ2n) is 15.4. The summed E-state index contributed by atoms with van der Waals surface area (Å²) in [4.78, 5) is 31.0. The lowest BCUT2D eigenvalue weighted by molar-refractivity contribution is -0.145. The van der Waals surface area contributed by atoms with Gasteiger partial charge in [0.15, 0.2) is 0 Å². The standard InChI is InChI=1S/C46H49ClF2N6O7S/c1-29-34(13-14-36(41(29)47)59-24-22-55-20-18-54(3)19-21-55)39-40-38(27-51-42(39)31-10-7-11-33(25-31)58-4)63-53-43(40)62-37(44(56)57)26-30-9-5-6-12-35(30)61-28-32-15-17-50-45(52-32)60-23-8-16-46(2,48)49/h5-7,9-15,17,25,27,37H,8,16,18-24,26,28H2,1-4H3,(H,56,57). The summed E-state index contributed by atoms with van der Waals surface area (Å²) >= 11 is 8.24. The fourth-order valence-electron chi connectivity index (χ4n) is 7.19. The van der Waals surface area contributed by atoms with Crippen LogP contribution in [0.2, 0.25) is 5.02 Å². The van der Waals surface area contributed by atoms with Gasteiger partial charge in [0.05, 0.1) is 40.2 Å². The number of carboxylic acid groups (broad SMARTS) is 1. The molecule has 3 aromatic heterocycles. The zero-order valence-electron chi connectivity index (χ0n) is 35.5. The molecule has 7 rings (SSSR count). The van der Waals surface area contributed by atoms with Crippen molar-refractivity contribution in [2.24, 2.45) is 0 Å². The molecule has 17 heteroatoms. The van der Waals surface area contributed by atoms with Crippen molar-refractivity contribution in [1.29, 1.82) is 0 Å². The minimum Gasteiger partial charge on any atom is -0.497 e. The van der Waals surface area contributed by atoms with Crippen LogP contribution < -0.4 is 23.7 Å². The van der Waals surface area contributed by atoms with E-state index in [-0.39, 0.29) is 44.4 Å². The molecule has 0 bridgehead atoms. The number of hydrogen-bond donors (Lipinski definition) is 1. The lowest BCUT2D eigenvalue weighted by Crippen LogP contribution is -2.45. The highest BCUT2D eigenvalue weighted by Crippen LogP contribution is 2.46. The van der Waals surface area contributed by atoms with Crippen LogP contribution in [0, 0.1) is 6.92 Å². The lowest BCUT2D eigenvalue weighted by atomic mass is 9.93. The summed E-state index contributed by atoms with van der Waals surface area (Å²) < 4.78 is 61.6. The van der Waals surface area contributed by atoms with Crippen LogP contribution in [-0.4, -0.2) is 112 Å². The molecule has 1 unspecified atom stereocenters. The summed E-state index contributed by atoms with van der Waals surface area (Å²) in [6.45, 7) is 8.08. The zero-order valence-corrected chi connectivity index (χ0v) is 37.1. The molecule has 1 saturated heterocycles. The third kappa shape index (κ3) is 11.7. The number of hydrogen-bond acceptors (Lipinski definition) is 13. The van der Waals surface area contributed by atoms with E-state index >= 15 is 0 Å². The van der Waals surface area contributed by atoms with Crippen molar-refractivity contribution in [1.82, 2.24) is 29.1 Å². The quantitative estimate of drug-likeness (QED) is 0.0730. The number of halogens is 3. The molecule has 1 fully saturated rings. The highest BCUT2D eigenvalue weighted by Gasteiger charge is 2.28. The van der Waals surface area contributed by atoms with E-state index in [1.165, 1.54) is 6.20 Å². The predicted molar refractivity (Wildman–Crippen MR) is 238 cm³/mol. The first-order chi connectivity index (χ1) is 30.4. The number of benzene rings is 3. The maximum atomic E-state index is 13.2. The molecule has 1 atom stereocenters. The summed E-state index contributed by atoms with van der Waals surface area (Å²) in [6.07, 6.45) is 1.57. The number of pyridine rings is 1. The van der Waals surface area contributed by atoms with Crippen molar-refractivity contribution >= 4 is 39.2 Å². The van der Waals surface area contributed by atoms with Gasteiger partial charge in [-0.25, -0.2) is 18.6 Å². The number of carbonyl (C=O) groups is 1. The Morgan fingerprint density at radius 1 is 0.984 bits per heavy atom. The van der Waals surface area contributed by atoms with Crippen LogP contribution in [0.1, 0.15) is 36.6 Å². The predicted octanol–water partition coefficient (Wildman–Crippen LogP) is 8.88. The van der Waals surface area contributed by atoms with Crippen LogP contribution in [0.4, 0.5) is 8.78 Å². The monoisotopic (exact) mass is 902 g/mol. The Morgan fingerprint density at radius 2 is 1.79 bits per heavy atom. The first kappa shape index (κ1) is 45.3. The molecule has 1 aliphatic rings. The number of likely N-dealkylation sites (N-methyl/N-ethyl adjacent to an activating group) is 1. The Bertz CT molecular complexity index is 2520. The van der Waals surface area contributed by atoms with E-state index in [0.29, 0.717) is 61.5 Å². The molecular weight excluding hydrogens is 854 g/mol. The summed E-state index contributed by atoms with van der Waals surface area (Å²) in [7, 11) is 3.72. The first-order valence-corrected chi connectivity index (χ1v) is 21.7. The Labute approximate surface area is 373 Å². The van der Waals surface area contributed by atoms with E-state index in [2.05, 4.69) is 31.2 Å². The molecule has 3 aromatic carbocycles. The van der Waals surface area contributed by atoms with Crippen molar-refractivity contribution in [3.05, 3.63) is 101 Å². The maximum absolute atomic E-state index is 13.2. The molecule has 0 aliphatic carbocycles. The van der Waals surface area contributed by atoms with Crippen LogP contribution in [0.5, 0.6) is 29.1 Å². The molecule has 332 valence electrons. The molecule has 6 aromatic rings. The van der Waals surface area contributed by atoms with Crippen LogP contribution in [0.3, 0.4) is 0 Å². The Hall–Kier alpha value is -5.68. The van der Waals surface area contributed by atoms with Crippen LogP contribution in [0.15, 0.2) is 79.1 Å².